The molecule has 5 heteroatoms. The van der Waals surface area contributed by atoms with Gasteiger partial charge in [0.25, 0.3) is 5.92 Å². The second kappa shape index (κ2) is 2.79. The molecule has 0 heterocycles. The van der Waals surface area contributed by atoms with Gasteiger partial charge in [-0.2, -0.15) is 13.2 Å². The third-order valence-corrected chi connectivity index (χ3v) is 1.07. The Morgan fingerprint density at radius 1 is 1.09 bits per heavy atom. The molecule has 0 aromatic rings. The summed E-state index contributed by atoms with van der Waals surface area (Å²) in [6.07, 6.45) is -4.56. The van der Waals surface area contributed by atoms with Crippen LogP contribution in [0, 0.1) is 0 Å². The maximum absolute atomic E-state index is 12.1. The van der Waals surface area contributed by atoms with Crippen molar-refractivity contribution in [3.05, 3.63) is 11.6 Å². The van der Waals surface area contributed by atoms with Crippen LogP contribution >= 0.6 is 0 Å². The van der Waals surface area contributed by atoms with Crippen molar-refractivity contribution in [1.29, 1.82) is 0 Å². The molecular weight excluding hydrogens is 167 g/mol. The van der Waals surface area contributed by atoms with Crippen molar-refractivity contribution >= 4 is 0 Å². The zero-order valence-electron chi connectivity index (χ0n) is 5.97. The quantitative estimate of drug-likeness (QED) is 0.423. The van der Waals surface area contributed by atoms with E-state index in [0.717, 1.165) is 6.92 Å². The first-order chi connectivity index (χ1) is 4.69. The molecule has 66 valence electrons. The van der Waals surface area contributed by atoms with Crippen LogP contribution in [0.4, 0.5) is 22.0 Å². The van der Waals surface area contributed by atoms with Crippen molar-refractivity contribution in [1.82, 2.24) is 0 Å². The molecule has 0 aliphatic carbocycles. The Morgan fingerprint density at radius 3 is 1.45 bits per heavy atom. The molecule has 0 spiro atoms. The van der Waals surface area contributed by atoms with Gasteiger partial charge in [-0.15, -0.1) is 0 Å². The molecule has 0 saturated carbocycles. The Morgan fingerprint density at radius 2 is 1.45 bits per heavy atom. The van der Waals surface area contributed by atoms with Crippen molar-refractivity contribution in [2.45, 2.75) is 25.9 Å². The first kappa shape index (κ1) is 10.4. The third kappa shape index (κ3) is 2.86. The topological polar surface area (TPSA) is 0 Å². The van der Waals surface area contributed by atoms with Gasteiger partial charge in [-0.1, -0.05) is 6.08 Å². The number of hydrogen-bond donors (Lipinski definition) is 0. The van der Waals surface area contributed by atoms with Gasteiger partial charge in [-0.05, 0) is 6.92 Å². The van der Waals surface area contributed by atoms with E-state index in [2.05, 4.69) is 0 Å². The SMILES string of the molecule is C/C=C(\C(C)(F)F)C(F)(F)F. The van der Waals surface area contributed by atoms with E-state index >= 15 is 0 Å². The van der Waals surface area contributed by atoms with Gasteiger partial charge in [0.2, 0.25) is 0 Å². The second-order valence-corrected chi connectivity index (χ2v) is 2.09. The van der Waals surface area contributed by atoms with E-state index in [0.29, 0.717) is 6.08 Å². The van der Waals surface area contributed by atoms with Crippen LogP contribution in [-0.2, 0) is 0 Å². The molecule has 0 nitrogen and oxygen atoms in total. The second-order valence-electron chi connectivity index (χ2n) is 2.09. The van der Waals surface area contributed by atoms with E-state index in [-0.39, 0.29) is 6.92 Å². The lowest BCUT2D eigenvalue weighted by atomic mass is 10.1. The summed E-state index contributed by atoms with van der Waals surface area (Å²) < 4.78 is 59.2. The van der Waals surface area contributed by atoms with Crippen molar-refractivity contribution in [3.63, 3.8) is 0 Å². The fourth-order valence-electron chi connectivity index (χ4n) is 0.666. The highest BCUT2D eigenvalue weighted by Crippen LogP contribution is 2.36. The van der Waals surface area contributed by atoms with E-state index in [1.165, 1.54) is 0 Å². The molecule has 0 unspecified atom stereocenters. The highest BCUT2D eigenvalue weighted by atomic mass is 19.4. The fraction of sp³-hybridized carbons (Fsp3) is 0.667. The monoisotopic (exact) mass is 174 g/mol. The van der Waals surface area contributed by atoms with Gasteiger partial charge in [-0.25, -0.2) is 8.78 Å². The highest BCUT2D eigenvalue weighted by Gasteiger charge is 2.45. The first-order valence-electron chi connectivity index (χ1n) is 2.81. The average Bonchev–Trinajstić information content (AvgIpc) is 1.56. The van der Waals surface area contributed by atoms with Crippen molar-refractivity contribution in [2.24, 2.45) is 0 Å². The molecule has 0 saturated heterocycles. The van der Waals surface area contributed by atoms with E-state index in [9.17, 15) is 22.0 Å². The van der Waals surface area contributed by atoms with E-state index in [4.69, 9.17) is 0 Å². The van der Waals surface area contributed by atoms with Crippen LogP contribution in [0.15, 0.2) is 11.6 Å². The fourth-order valence-corrected chi connectivity index (χ4v) is 0.666. The Labute approximate surface area is 60.7 Å². The minimum absolute atomic E-state index is 0.218. The maximum atomic E-state index is 12.1. The van der Waals surface area contributed by atoms with Crippen molar-refractivity contribution in [2.75, 3.05) is 0 Å². The molecular formula is C6H7F5. The maximum Gasteiger partial charge on any atom is 0.418 e. The summed E-state index contributed by atoms with van der Waals surface area (Å²) in [5.74, 6) is -3.81. The van der Waals surface area contributed by atoms with Crippen LogP contribution in [0.3, 0.4) is 0 Å². The summed E-state index contributed by atoms with van der Waals surface area (Å²) in [6, 6.07) is 0. The standard InChI is InChI=1S/C6H7F5/c1-3-4(5(2,7)8)6(9,10)11/h3H,1-2H3/b4-3+. The summed E-state index contributed by atoms with van der Waals surface area (Å²) in [7, 11) is 0. The van der Waals surface area contributed by atoms with Gasteiger partial charge >= 0.3 is 6.18 Å². The van der Waals surface area contributed by atoms with Crippen molar-refractivity contribution < 1.29 is 22.0 Å². The minimum atomic E-state index is -4.94. The molecule has 0 N–H and O–H groups in total. The molecule has 0 aliphatic rings. The van der Waals surface area contributed by atoms with Gasteiger partial charge in [0.15, 0.2) is 0 Å². The van der Waals surface area contributed by atoms with Crippen LogP contribution in [0.5, 0.6) is 0 Å². The molecule has 0 fully saturated rings. The predicted octanol–water partition coefficient (Wildman–Crippen LogP) is 3.15. The molecule has 0 radical (unpaired) electrons. The molecule has 0 amide bonds. The Kier molecular flexibility index (Phi) is 2.64. The highest BCUT2D eigenvalue weighted by molar-refractivity contribution is 5.16. The van der Waals surface area contributed by atoms with Crippen molar-refractivity contribution in [3.8, 4) is 0 Å². The number of alkyl halides is 5. The van der Waals surface area contributed by atoms with Crippen LogP contribution in [0.2, 0.25) is 0 Å². The summed E-state index contributed by atoms with van der Waals surface area (Å²) in [5.41, 5.74) is -1.80. The normalized spacial score (nSPS) is 15.4. The first-order valence-corrected chi connectivity index (χ1v) is 2.81. The van der Waals surface area contributed by atoms with E-state index < -0.39 is 17.7 Å². The summed E-state index contributed by atoms with van der Waals surface area (Å²) in [4.78, 5) is 0. The Hall–Kier alpha value is -0.610. The Balaban J connectivity index is 4.74. The van der Waals surface area contributed by atoms with Crippen LogP contribution in [0.1, 0.15) is 13.8 Å². The molecule has 0 aliphatic heterocycles. The smallest absolute Gasteiger partial charge is 0.202 e. The number of rotatable bonds is 1. The Bertz CT molecular complexity index is 143. The zero-order valence-corrected chi connectivity index (χ0v) is 5.97. The summed E-state index contributed by atoms with van der Waals surface area (Å²) in [6.45, 7) is 1.15. The number of allylic oxidation sites excluding steroid dienone is 2. The average molecular weight is 174 g/mol. The molecule has 11 heavy (non-hydrogen) atoms. The largest absolute Gasteiger partial charge is 0.418 e. The van der Waals surface area contributed by atoms with Gasteiger partial charge in [-0.3, -0.25) is 0 Å². The summed E-state index contributed by atoms with van der Waals surface area (Å²) >= 11 is 0. The van der Waals surface area contributed by atoms with Gasteiger partial charge in [0, 0.05) is 6.92 Å². The lowest BCUT2D eigenvalue weighted by Crippen LogP contribution is -2.26. The summed E-state index contributed by atoms with van der Waals surface area (Å²) in [5, 5.41) is 0. The lowest BCUT2D eigenvalue weighted by molar-refractivity contribution is -0.125. The number of halogens is 5. The van der Waals surface area contributed by atoms with Crippen LogP contribution in [0.25, 0.3) is 0 Å². The molecule has 0 aromatic carbocycles. The van der Waals surface area contributed by atoms with Gasteiger partial charge < -0.3 is 0 Å². The molecule has 0 aromatic heterocycles. The zero-order chi connectivity index (χ0) is 9.28. The van der Waals surface area contributed by atoms with E-state index in [1.54, 1.807) is 0 Å². The number of hydrogen-bond acceptors (Lipinski definition) is 0. The van der Waals surface area contributed by atoms with E-state index in [1.807, 2.05) is 0 Å². The van der Waals surface area contributed by atoms with Crippen LogP contribution in [-0.4, -0.2) is 12.1 Å². The molecule has 0 atom stereocenters. The van der Waals surface area contributed by atoms with Crippen LogP contribution < -0.4 is 0 Å². The molecule has 0 bridgehead atoms. The lowest BCUT2D eigenvalue weighted by Gasteiger charge is -2.17. The predicted molar refractivity (Wildman–Crippen MR) is 30.4 cm³/mol. The van der Waals surface area contributed by atoms with Gasteiger partial charge in [0.1, 0.15) is 0 Å². The molecule has 0 rings (SSSR count). The third-order valence-electron chi connectivity index (χ3n) is 1.07. The minimum Gasteiger partial charge on any atom is -0.202 e. The van der Waals surface area contributed by atoms with Gasteiger partial charge in [0.05, 0.1) is 5.57 Å².